The predicted molar refractivity (Wildman–Crippen MR) is 159 cm³/mol. The number of anilines is 1. The van der Waals surface area contributed by atoms with Gasteiger partial charge in [0.05, 0.1) is 19.4 Å². The van der Waals surface area contributed by atoms with Gasteiger partial charge in [0, 0.05) is 19.2 Å². The number of carbonyl (C=O) groups excluding carboxylic acids is 1. The van der Waals surface area contributed by atoms with Crippen LogP contribution >= 0.6 is 0 Å². The lowest BCUT2D eigenvalue weighted by atomic mass is 9.93. The van der Waals surface area contributed by atoms with Gasteiger partial charge >= 0.3 is 11.7 Å². The summed E-state index contributed by atoms with van der Waals surface area (Å²) in [5.74, 6) is 5.53. The number of piperidine rings is 1. The Kier molecular flexibility index (Phi) is 11.7. The number of aromatic nitrogens is 4. The summed E-state index contributed by atoms with van der Waals surface area (Å²) in [6, 6.07) is 8.49. The van der Waals surface area contributed by atoms with Gasteiger partial charge in [-0.3, -0.25) is 14.3 Å². The number of carbonyl (C=O) groups is 1. The first-order chi connectivity index (χ1) is 20.5. The highest BCUT2D eigenvalue weighted by atomic mass is 16.6. The Morgan fingerprint density at radius 3 is 2.57 bits per heavy atom. The van der Waals surface area contributed by atoms with Gasteiger partial charge in [0.2, 0.25) is 5.91 Å². The molecule has 42 heavy (non-hydrogen) atoms. The van der Waals surface area contributed by atoms with Gasteiger partial charge < -0.3 is 30.3 Å². The number of nitrogens with two attached hydrogens (primary N) is 2. The number of nitrogens with one attached hydrogen (secondary N) is 2. The van der Waals surface area contributed by atoms with Crippen molar-refractivity contribution in [3.63, 3.8) is 0 Å². The number of hydrogen-bond acceptors (Lipinski definition) is 10. The first-order valence-corrected chi connectivity index (χ1v) is 14.5. The van der Waals surface area contributed by atoms with Crippen LogP contribution in [0.15, 0.2) is 41.4 Å². The van der Waals surface area contributed by atoms with Crippen LogP contribution in [0.25, 0.3) is 11.2 Å². The molecular formula is C29H42N8O5. The average molecular weight is 583 g/mol. The Balaban J connectivity index is 1.23. The minimum Gasteiger partial charge on any atom is -0.499 e. The van der Waals surface area contributed by atoms with Crippen molar-refractivity contribution in [2.45, 2.75) is 52.1 Å². The monoisotopic (exact) mass is 582 g/mol. The van der Waals surface area contributed by atoms with Gasteiger partial charge in [-0.25, -0.2) is 10.7 Å². The second-order valence-corrected chi connectivity index (χ2v) is 10.5. The third-order valence-corrected chi connectivity index (χ3v) is 7.32. The molecule has 0 radical (unpaired) electrons. The number of imidazole rings is 1. The smallest absolute Gasteiger partial charge is 0.328 e. The van der Waals surface area contributed by atoms with Gasteiger partial charge in [0.15, 0.2) is 11.5 Å². The molecule has 1 aromatic carbocycles. The van der Waals surface area contributed by atoms with E-state index in [-0.39, 0.29) is 30.0 Å². The van der Waals surface area contributed by atoms with Crippen molar-refractivity contribution in [1.29, 1.82) is 0 Å². The summed E-state index contributed by atoms with van der Waals surface area (Å²) in [4.78, 5) is 42.8. The van der Waals surface area contributed by atoms with E-state index >= 15 is 0 Å². The van der Waals surface area contributed by atoms with Crippen LogP contribution in [-0.4, -0.2) is 69.8 Å². The summed E-state index contributed by atoms with van der Waals surface area (Å²) in [7, 11) is 0. The molecule has 1 aliphatic heterocycles. The molecule has 3 heterocycles. The standard InChI is InChI=1S/C29H42N8O5/c1-2-3-15-41-28-34-26(30)25-27(35-28)37(29(39)33-25)20-23-6-4-22(5-7-23)19-36-13-9-21(10-14-36)8-12-32-24(38)11-16-40-17-18-42-31/h4-7,11,16,21H,2-3,8-10,12-15,17-20,31H2,1H3,(H,32,38)(H,33,39)(H2,30,34,35). The molecule has 0 saturated carbocycles. The molecule has 1 amide bonds. The van der Waals surface area contributed by atoms with Gasteiger partial charge in [-0.1, -0.05) is 37.6 Å². The molecule has 1 aliphatic rings. The van der Waals surface area contributed by atoms with Crippen LogP contribution in [0.4, 0.5) is 5.82 Å². The van der Waals surface area contributed by atoms with E-state index < -0.39 is 0 Å². The number of likely N-dealkylation sites (tertiary alicyclic amines) is 1. The second-order valence-electron chi connectivity index (χ2n) is 10.5. The number of unbranched alkanes of at least 4 members (excludes halogenated alkanes) is 1. The van der Waals surface area contributed by atoms with E-state index in [1.165, 1.54) is 17.9 Å². The van der Waals surface area contributed by atoms with Crippen LogP contribution < -0.4 is 27.4 Å². The fourth-order valence-electron chi connectivity index (χ4n) is 4.91. The summed E-state index contributed by atoms with van der Waals surface area (Å²) in [6.45, 7) is 7.06. The van der Waals surface area contributed by atoms with E-state index in [4.69, 9.17) is 21.1 Å². The van der Waals surface area contributed by atoms with Crippen molar-refractivity contribution in [1.82, 2.24) is 29.7 Å². The normalized spacial score (nSPS) is 14.5. The molecule has 6 N–H and O–H groups in total. The highest BCUT2D eigenvalue weighted by Gasteiger charge is 2.19. The number of nitrogens with zero attached hydrogens (tertiary/aromatic N) is 4. The van der Waals surface area contributed by atoms with Crippen LogP contribution in [0.1, 0.15) is 50.2 Å². The molecule has 1 saturated heterocycles. The lowest BCUT2D eigenvalue weighted by Gasteiger charge is -2.32. The van der Waals surface area contributed by atoms with E-state index in [1.54, 1.807) is 4.57 Å². The van der Waals surface area contributed by atoms with Crippen LogP contribution in [0, 0.1) is 5.92 Å². The molecular weight excluding hydrogens is 540 g/mol. The Morgan fingerprint density at radius 2 is 1.86 bits per heavy atom. The number of fused-ring (bicyclic) bond motifs is 1. The molecule has 0 unspecified atom stereocenters. The molecule has 228 valence electrons. The summed E-state index contributed by atoms with van der Waals surface area (Å²) < 4.78 is 12.3. The number of ether oxygens (including phenoxy) is 2. The average Bonchev–Trinajstić information content (AvgIpc) is 3.30. The van der Waals surface area contributed by atoms with E-state index in [0.29, 0.717) is 43.4 Å². The summed E-state index contributed by atoms with van der Waals surface area (Å²) in [5.41, 5.74) is 8.84. The highest BCUT2D eigenvalue weighted by Crippen LogP contribution is 2.22. The lowest BCUT2D eigenvalue weighted by molar-refractivity contribution is -0.116. The Bertz CT molecular complexity index is 1360. The largest absolute Gasteiger partial charge is 0.499 e. The van der Waals surface area contributed by atoms with Crippen LogP contribution in [0.2, 0.25) is 0 Å². The molecule has 4 rings (SSSR count). The zero-order valence-electron chi connectivity index (χ0n) is 24.2. The first kappa shape index (κ1) is 31.0. The fourth-order valence-corrected chi connectivity index (χ4v) is 4.91. The van der Waals surface area contributed by atoms with Gasteiger partial charge in [0.1, 0.15) is 18.7 Å². The van der Waals surface area contributed by atoms with Crippen LogP contribution in [0.5, 0.6) is 6.01 Å². The van der Waals surface area contributed by atoms with Gasteiger partial charge in [-0.2, -0.15) is 9.97 Å². The number of aromatic amines is 1. The maximum Gasteiger partial charge on any atom is 0.328 e. The highest BCUT2D eigenvalue weighted by molar-refractivity contribution is 5.87. The number of amides is 1. The molecule has 1 fully saturated rings. The van der Waals surface area contributed by atoms with Gasteiger partial charge in [0.25, 0.3) is 0 Å². The summed E-state index contributed by atoms with van der Waals surface area (Å²) in [5, 5.41) is 2.90. The predicted octanol–water partition coefficient (Wildman–Crippen LogP) is 2.07. The molecule has 3 aromatic rings. The van der Waals surface area contributed by atoms with Gasteiger partial charge in [-0.05, 0) is 55.8 Å². The summed E-state index contributed by atoms with van der Waals surface area (Å²) in [6.07, 6.45) is 7.76. The molecule has 13 nitrogen and oxygen atoms in total. The maximum atomic E-state index is 12.7. The first-order valence-electron chi connectivity index (χ1n) is 14.5. The maximum absolute atomic E-state index is 12.7. The zero-order valence-corrected chi connectivity index (χ0v) is 24.2. The molecule has 13 heteroatoms. The summed E-state index contributed by atoms with van der Waals surface area (Å²) >= 11 is 0. The molecule has 0 atom stereocenters. The van der Waals surface area contributed by atoms with E-state index in [2.05, 4.69) is 49.1 Å². The third kappa shape index (κ3) is 9.03. The topological polar surface area (TPSA) is 176 Å². The minimum absolute atomic E-state index is 0.169. The number of benzene rings is 1. The third-order valence-electron chi connectivity index (χ3n) is 7.32. The van der Waals surface area contributed by atoms with Crippen molar-refractivity contribution in [3.8, 4) is 6.01 Å². The van der Waals surface area contributed by atoms with E-state index in [1.807, 2.05) is 12.1 Å². The minimum atomic E-state index is -0.289. The molecule has 2 aromatic heterocycles. The SMILES string of the molecule is CCCCOc1nc(N)c2[nH]c(=O)n(Cc3ccc(CN4CCC(CCNC(=O)C=COCCON)CC4)cc3)c2n1. The quantitative estimate of drug-likeness (QED) is 0.0846. The van der Waals surface area contributed by atoms with Crippen molar-refractivity contribution in [2.75, 3.05) is 45.2 Å². The van der Waals surface area contributed by atoms with E-state index in [0.717, 1.165) is 57.3 Å². The second kappa shape index (κ2) is 15.9. The van der Waals surface area contributed by atoms with Crippen molar-refractivity contribution < 1.29 is 19.1 Å². The lowest BCUT2D eigenvalue weighted by Crippen LogP contribution is -2.34. The molecule has 0 bridgehead atoms. The number of hydrogen-bond donors (Lipinski definition) is 4. The Hall–Kier alpha value is -3.94. The van der Waals surface area contributed by atoms with Crippen LogP contribution in [0.3, 0.4) is 0 Å². The fraction of sp³-hybridized carbons (Fsp3) is 0.517. The molecule has 0 spiro atoms. The van der Waals surface area contributed by atoms with Gasteiger partial charge in [-0.15, -0.1) is 0 Å². The van der Waals surface area contributed by atoms with Crippen LogP contribution in [-0.2, 0) is 27.5 Å². The number of nitrogen functional groups attached to an aromatic ring is 1. The van der Waals surface area contributed by atoms with E-state index in [9.17, 15) is 9.59 Å². The number of H-pyrrole nitrogens is 1. The molecule has 0 aliphatic carbocycles. The van der Waals surface area contributed by atoms with Crippen molar-refractivity contribution in [2.24, 2.45) is 11.8 Å². The Morgan fingerprint density at radius 1 is 1.12 bits per heavy atom. The number of rotatable bonds is 16. The Labute approximate surface area is 245 Å². The van der Waals surface area contributed by atoms with Crippen molar-refractivity contribution in [3.05, 3.63) is 58.2 Å². The van der Waals surface area contributed by atoms with Crippen molar-refractivity contribution >= 4 is 22.9 Å². The zero-order chi connectivity index (χ0) is 29.7.